The van der Waals surface area contributed by atoms with Crippen LogP contribution in [0.25, 0.3) is 0 Å². The fraction of sp³-hybridized carbons (Fsp3) is 0.444. The standard InChI is InChI=1S/C9H14BrN3O2S/c1-3-13(4-2)16(14,15)12-8-6-5-7-11-9(8)10/h5-7,12H,3-4H2,1-2H3. The molecule has 90 valence electrons. The quantitative estimate of drug-likeness (QED) is 0.844. The number of pyridine rings is 1. The summed E-state index contributed by atoms with van der Waals surface area (Å²) in [6.45, 7) is 4.45. The number of rotatable bonds is 5. The molecule has 0 aliphatic rings. The van der Waals surface area contributed by atoms with Crippen molar-refractivity contribution in [2.24, 2.45) is 0 Å². The van der Waals surface area contributed by atoms with Gasteiger partial charge in [0, 0.05) is 19.3 Å². The summed E-state index contributed by atoms with van der Waals surface area (Å²) in [7, 11) is -3.48. The van der Waals surface area contributed by atoms with Crippen molar-refractivity contribution in [2.45, 2.75) is 13.8 Å². The average Bonchev–Trinajstić information content (AvgIpc) is 2.22. The largest absolute Gasteiger partial charge is 0.301 e. The lowest BCUT2D eigenvalue weighted by atomic mass is 10.4. The van der Waals surface area contributed by atoms with E-state index in [1.165, 1.54) is 4.31 Å². The zero-order chi connectivity index (χ0) is 12.2. The van der Waals surface area contributed by atoms with Crippen molar-refractivity contribution in [3.8, 4) is 0 Å². The highest BCUT2D eigenvalue weighted by Gasteiger charge is 2.19. The Morgan fingerprint density at radius 1 is 1.44 bits per heavy atom. The van der Waals surface area contributed by atoms with Crippen molar-refractivity contribution in [2.75, 3.05) is 17.8 Å². The number of nitrogens with zero attached hydrogens (tertiary/aromatic N) is 2. The Morgan fingerprint density at radius 3 is 2.56 bits per heavy atom. The molecule has 0 atom stereocenters. The highest BCUT2D eigenvalue weighted by atomic mass is 79.9. The van der Waals surface area contributed by atoms with Gasteiger partial charge in [-0.05, 0) is 28.1 Å². The van der Waals surface area contributed by atoms with Gasteiger partial charge in [-0.15, -0.1) is 0 Å². The van der Waals surface area contributed by atoms with E-state index in [9.17, 15) is 8.42 Å². The van der Waals surface area contributed by atoms with Crippen LogP contribution in [0.15, 0.2) is 22.9 Å². The number of halogens is 1. The first-order valence-electron chi connectivity index (χ1n) is 4.89. The van der Waals surface area contributed by atoms with Gasteiger partial charge in [-0.25, -0.2) is 4.98 Å². The molecule has 0 saturated heterocycles. The molecule has 1 N–H and O–H groups in total. The molecule has 1 aromatic heterocycles. The van der Waals surface area contributed by atoms with E-state index < -0.39 is 10.2 Å². The summed E-state index contributed by atoms with van der Waals surface area (Å²) >= 11 is 3.19. The Bertz CT molecular complexity index is 446. The van der Waals surface area contributed by atoms with E-state index >= 15 is 0 Å². The third-order valence-electron chi connectivity index (χ3n) is 2.04. The maximum absolute atomic E-state index is 11.9. The topological polar surface area (TPSA) is 62.3 Å². The molecule has 0 saturated carbocycles. The molecule has 0 radical (unpaired) electrons. The second-order valence-corrected chi connectivity index (χ2v) is 5.45. The van der Waals surface area contributed by atoms with Gasteiger partial charge in [-0.1, -0.05) is 13.8 Å². The SMILES string of the molecule is CCN(CC)S(=O)(=O)Nc1cccnc1Br. The fourth-order valence-corrected chi connectivity index (χ4v) is 2.96. The monoisotopic (exact) mass is 307 g/mol. The maximum atomic E-state index is 11.9. The first kappa shape index (κ1) is 13.4. The molecule has 0 aromatic carbocycles. The van der Waals surface area contributed by atoms with E-state index in [4.69, 9.17) is 0 Å². The molecule has 0 spiro atoms. The number of anilines is 1. The first-order chi connectivity index (χ1) is 7.51. The van der Waals surface area contributed by atoms with E-state index in [2.05, 4.69) is 25.6 Å². The highest BCUT2D eigenvalue weighted by molar-refractivity contribution is 9.10. The Labute approximate surface area is 104 Å². The Hall–Kier alpha value is -0.660. The van der Waals surface area contributed by atoms with E-state index in [-0.39, 0.29) is 0 Å². The average molecular weight is 308 g/mol. The smallest absolute Gasteiger partial charge is 0.268 e. The van der Waals surface area contributed by atoms with E-state index in [1.54, 1.807) is 32.2 Å². The summed E-state index contributed by atoms with van der Waals surface area (Å²) in [6, 6.07) is 3.32. The summed E-state index contributed by atoms with van der Waals surface area (Å²) in [5.41, 5.74) is 0.439. The minimum Gasteiger partial charge on any atom is -0.268 e. The number of nitrogens with one attached hydrogen (secondary N) is 1. The van der Waals surface area contributed by atoms with E-state index in [1.807, 2.05) is 0 Å². The molecule has 1 heterocycles. The third kappa shape index (κ3) is 3.16. The molecule has 0 bridgehead atoms. The predicted molar refractivity (Wildman–Crippen MR) is 67.4 cm³/mol. The Balaban J connectivity index is 2.93. The summed E-state index contributed by atoms with van der Waals surface area (Å²) in [6.07, 6.45) is 1.58. The molecule has 0 unspecified atom stereocenters. The van der Waals surface area contributed by atoms with Crippen LogP contribution in [0.2, 0.25) is 0 Å². The maximum Gasteiger partial charge on any atom is 0.301 e. The van der Waals surface area contributed by atoms with Gasteiger partial charge in [0.2, 0.25) is 0 Å². The third-order valence-corrected chi connectivity index (χ3v) is 4.35. The van der Waals surface area contributed by atoms with Crippen LogP contribution in [0.3, 0.4) is 0 Å². The van der Waals surface area contributed by atoms with Crippen molar-refractivity contribution >= 4 is 31.8 Å². The molecule has 7 heteroatoms. The molecule has 1 aromatic rings. The summed E-state index contributed by atoms with van der Waals surface area (Å²) in [5.74, 6) is 0. The lowest BCUT2D eigenvalue weighted by molar-refractivity contribution is 0.449. The van der Waals surface area contributed by atoms with Crippen LogP contribution in [0, 0.1) is 0 Å². The zero-order valence-corrected chi connectivity index (χ0v) is 11.5. The summed E-state index contributed by atoms with van der Waals surface area (Å²) in [5, 5.41) is 0. The summed E-state index contributed by atoms with van der Waals surface area (Å²) < 4.78 is 28.1. The van der Waals surface area contributed by atoms with Crippen LogP contribution in [0.1, 0.15) is 13.8 Å². The van der Waals surface area contributed by atoms with Gasteiger partial charge in [0.05, 0.1) is 5.69 Å². The van der Waals surface area contributed by atoms with Crippen LogP contribution in [0.4, 0.5) is 5.69 Å². The van der Waals surface area contributed by atoms with Crippen molar-refractivity contribution in [3.05, 3.63) is 22.9 Å². The minimum atomic E-state index is -3.48. The van der Waals surface area contributed by atoms with Crippen LogP contribution < -0.4 is 4.72 Å². The van der Waals surface area contributed by atoms with Gasteiger partial charge in [-0.2, -0.15) is 12.7 Å². The number of aromatic nitrogens is 1. The second-order valence-electron chi connectivity index (χ2n) is 3.03. The molecule has 0 aliphatic carbocycles. The molecular formula is C9H14BrN3O2S. The van der Waals surface area contributed by atoms with Crippen molar-refractivity contribution in [3.63, 3.8) is 0 Å². The van der Waals surface area contributed by atoms with E-state index in [0.717, 1.165) is 0 Å². The first-order valence-corrected chi connectivity index (χ1v) is 7.13. The van der Waals surface area contributed by atoms with Gasteiger partial charge >= 0.3 is 10.2 Å². The fourth-order valence-electron chi connectivity index (χ4n) is 1.23. The van der Waals surface area contributed by atoms with Gasteiger partial charge in [-0.3, -0.25) is 4.72 Å². The van der Waals surface area contributed by atoms with Crippen molar-refractivity contribution < 1.29 is 8.42 Å². The summed E-state index contributed by atoms with van der Waals surface area (Å²) in [4.78, 5) is 3.95. The highest BCUT2D eigenvalue weighted by Crippen LogP contribution is 2.20. The minimum absolute atomic E-state index is 0.434. The Kier molecular flexibility index (Phi) is 4.69. The van der Waals surface area contributed by atoms with Crippen LogP contribution in [-0.4, -0.2) is 30.8 Å². The molecule has 5 nitrogen and oxygen atoms in total. The second kappa shape index (κ2) is 5.60. The lowest BCUT2D eigenvalue weighted by Gasteiger charge is -2.19. The normalized spacial score (nSPS) is 11.8. The Morgan fingerprint density at radius 2 is 2.06 bits per heavy atom. The molecular weight excluding hydrogens is 294 g/mol. The molecule has 16 heavy (non-hydrogen) atoms. The predicted octanol–water partition coefficient (Wildman–Crippen LogP) is 1.84. The number of hydrogen-bond acceptors (Lipinski definition) is 3. The van der Waals surface area contributed by atoms with Crippen molar-refractivity contribution in [1.82, 2.24) is 9.29 Å². The van der Waals surface area contributed by atoms with E-state index in [0.29, 0.717) is 23.4 Å². The molecule has 0 amide bonds. The molecule has 1 rings (SSSR count). The van der Waals surface area contributed by atoms with Gasteiger partial charge in [0.15, 0.2) is 0 Å². The van der Waals surface area contributed by atoms with Crippen LogP contribution >= 0.6 is 15.9 Å². The zero-order valence-electron chi connectivity index (χ0n) is 9.14. The van der Waals surface area contributed by atoms with Gasteiger partial charge < -0.3 is 0 Å². The lowest BCUT2D eigenvalue weighted by Crippen LogP contribution is -2.35. The van der Waals surface area contributed by atoms with Gasteiger partial charge in [0.1, 0.15) is 4.60 Å². The van der Waals surface area contributed by atoms with Gasteiger partial charge in [0.25, 0.3) is 0 Å². The number of hydrogen-bond donors (Lipinski definition) is 1. The van der Waals surface area contributed by atoms with Crippen LogP contribution in [-0.2, 0) is 10.2 Å². The van der Waals surface area contributed by atoms with Crippen molar-refractivity contribution in [1.29, 1.82) is 0 Å². The molecule has 0 aliphatic heterocycles. The molecule has 0 fully saturated rings. The van der Waals surface area contributed by atoms with Crippen LogP contribution in [0.5, 0.6) is 0 Å².